The van der Waals surface area contributed by atoms with Gasteiger partial charge in [0.1, 0.15) is 0 Å². The van der Waals surface area contributed by atoms with E-state index in [4.69, 9.17) is 0 Å². The minimum Gasteiger partial charge on any atom is -0.285 e. The molecular weight excluding hydrogens is 162 g/mol. The van der Waals surface area contributed by atoms with Crippen LogP contribution in [-0.4, -0.2) is 5.21 Å². The van der Waals surface area contributed by atoms with E-state index in [-0.39, 0.29) is 0 Å². The Morgan fingerprint density at radius 3 is 2.15 bits per heavy atom. The van der Waals surface area contributed by atoms with E-state index in [1.807, 2.05) is 32.9 Å². The summed E-state index contributed by atoms with van der Waals surface area (Å²) in [5.41, 5.74) is 2.01. The molecule has 1 heterocycles. The van der Waals surface area contributed by atoms with Crippen molar-refractivity contribution in [2.24, 2.45) is 0 Å². The first-order valence-electron chi connectivity index (χ1n) is 4.82. The number of aryl methyl sites for hydroxylation is 1. The lowest BCUT2D eigenvalue weighted by atomic mass is 10.1. The van der Waals surface area contributed by atoms with E-state index in [1.165, 1.54) is 0 Å². The maximum Gasteiger partial charge on any atom is 0.231 e. The highest BCUT2D eigenvalue weighted by molar-refractivity contribution is 5.12. The normalized spacial score (nSPS) is 9.38. The number of nitrogens with zero attached hydrogens (tertiary/aromatic N) is 1. The lowest BCUT2D eigenvalue weighted by Gasteiger charge is -2.00. The summed E-state index contributed by atoms with van der Waals surface area (Å²) in [6.45, 7) is 10.1. The molecule has 74 valence electrons. The summed E-state index contributed by atoms with van der Waals surface area (Å²) >= 11 is 0. The molecule has 0 bridgehead atoms. The second kappa shape index (κ2) is 5.57. The van der Waals surface area contributed by atoms with Gasteiger partial charge in [0.2, 0.25) is 11.9 Å². The molecule has 0 aromatic carbocycles. The lowest BCUT2D eigenvalue weighted by molar-refractivity contribution is -0.909. The minimum absolute atomic E-state index is 0.467. The van der Waals surface area contributed by atoms with Gasteiger partial charge in [-0.05, 0) is 12.0 Å². The molecule has 0 aliphatic heterocycles. The Morgan fingerprint density at radius 2 is 1.77 bits per heavy atom. The van der Waals surface area contributed by atoms with Gasteiger partial charge in [0.15, 0.2) is 0 Å². The number of rotatable bonds is 1. The van der Waals surface area contributed by atoms with E-state index in [9.17, 15) is 5.21 Å². The Balaban J connectivity index is 0.000000671. The second-order valence-electron chi connectivity index (χ2n) is 3.10. The van der Waals surface area contributed by atoms with E-state index in [2.05, 4.69) is 13.8 Å². The van der Waals surface area contributed by atoms with Gasteiger partial charge in [0.25, 0.3) is 0 Å². The average molecular weight is 182 g/mol. The summed E-state index contributed by atoms with van der Waals surface area (Å²) in [5, 5.41) is 9.27. The van der Waals surface area contributed by atoms with Crippen molar-refractivity contribution in [1.29, 1.82) is 0 Å². The molecule has 2 heteroatoms. The molecule has 0 radical (unpaired) electrons. The minimum atomic E-state index is 0.467. The molecule has 0 spiro atoms. The van der Waals surface area contributed by atoms with Gasteiger partial charge in [-0.1, -0.05) is 27.7 Å². The Kier molecular flexibility index (Phi) is 5.12. The van der Waals surface area contributed by atoms with Crippen molar-refractivity contribution in [3.63, 3.8) is 0 Å². The van der Waals surface area contributed by atoms with Crippen molar-refractivity contribution in [3.05, 3.63) is 29.6 Å². The van der Waals surface area contributed by atoms with Crippen LogP contribution in [0.4, 0.5) is 0 Å². The first-order chi connectivity index (χ1) is 6.11. The first kappa shape index (κ1) is 11.9. The van der Waals surface area contributed by atoms with Crippen LogP contribution in [0.3, 0.4) is 0 Å². The summed E-state index contributed by atoms with van der Waals surface area (Å²) < 4.78 is 1.16. The van der Waals surface area contributed by atoms with Crippen molar-refractivity contribution >= 4 is 0 Å². The number of hydrogen-bond donors (Lipinski definition) is 1. The third kappa shape index (κ3) is 3.45. The van der Waals surface area contributed by atoms with E-state index in [0.29, 0.717) is 5.92 Å². The molecule has 0 fully saturated rings. The van der Waals surface area contributed by atoms with Crippen LogP contribution in [0.15, 0.2) is 18.3 Å². The second-order valence-corrected chi connectivity index (χ2v) is 3.10. The predicted octanol–water partition coefficient (Wildman–Crippen LogP) is 2.67. The first-order valence-corrected chi connectivity index (χ1v) is 4.82. The van der Waals surface area contributed by atoms with Gasteiger partial charge >= 0.3 is 0 Å². The summed E-state index contributed by atoms with van der Waals surface area (Å²) in [7, 11) is 0. The van der Waals surface area contributed by atoms with Gasteiger partial charge in [0, 0.05) is 23.3 Å². The summed E-state index contributed by atoms with van der Waals surface area (Å²) in [6.07, 6.45) is 1.75. The monoisotopic (exact) mass is 182 g/mol. The summed E-state index contributed by atoms with van der Waals surface area (Å²) in [4.78, 5) is 0. The van der Waals surface area contributed by atoms with Crippen LogP contribution in [0.25, 0.3) is 0 Å². The molecule has 0 aliphatic carbocycles. The quantitative estimate of drug-likeness (QED) is 0.524. The molecule has 1 N–H and O–H groups in total. The van der Waals surface area contributed by atoms with Gasteiger partial charge in [-0.3, -0.25) is 5.21 Å². The fourth-order valence-corrected chi connectivity index (χ4v) is 0.921. The van der Waals surface area contributed by atoms with Crippen LogP contribution in [0.5, 0.6) is 0 Å². The van der Waals surface area contributed by atoms with Crippen LogP contribution in [0, 0.1) is 6.92 Å². The molecule has 0 saturated carbocycles. The number of pyridine rings is 1. The number of hydrogen-bond acceptors (Lipinski definition) is 1. The highest BCUT2D eigenvalue weighted by Crippen LogP contribution is 2.10. The highest BCUT2D eigenvalue weighted by Gasteiger charge is 2.07. The largest absolute Gasteiger partial charge is 0.285 e. The zero-order chi connectivity index (χ0) is 10.4. The van der Waals surface area contributed by atoms with Crippen LogP contribution in [-0.2, 0) is 0 Å². The molecular formula is C11H20NO+. The van der Waals surface area contributed by atoms with Crippen molar-refractivity contribution in [3.8, 4) is 0 Å². The van der Waals surface area contributed by atoms with Crippen molar-refractivity contribution in [2.75, 3.05) is 0 Å². The zero-order valence-corrected chi connectivity index (χ0v) is 9.20. The highest BCUT2D eigenvalue weighted by atomic mass is 16.5. The van der Waals surface area contributed by atoms with E-state index in [1.54, 1.807) is 6.20 Å². The van der Waals surface area contributed by atoms with E-state index >= 15 is 0 Å². The Bertz CT molecular complexity index is 256. The SMILES string of the molecule is CC.Cc1ccc(C(C)C)c[n+]1O. The predicted molar refractivity (Wildman–Crippen MR) is 54.0 cm³/mol. The molecule has 0 aliphatic rings. The van der Waals surface area contributed by atoms with Gasteiger partial charge in [-0.25, -0.2) is 0 Å². The molecule has 1 rings (SSSR count). The molecule has 0 atom stereocenters. The van der Waals surface area contributed by atoms with Gasteiger partial charge in [-0.15, -0.1) is 0 Å². The molecule has 0 unspecified atom stereocenters. The summed E-state index contributed by atoms with van der Waals surface area (Å²) in [5.74, 6) is 0.467. The van der Waals surface area contributed by atoms with Gasteiger partial charge in [0.05, 0.1) is 0 Å². The zero-order valence-electron chi connectivity index (χ0n) is 9.20. The van der Waals surface area contributed by atoms with Gasteiger partial charge in [-0.2, -0.15) is 0 Å². The fraction of sp³-hybridized carbons (Fsp3) is 0.545. The fourth-order valence-electron chi connectivity index (χ4n) is 0.921. The molecule has 13 heavy (non-hydrogen) atoms. The van der Waals surface area contributed by atoms with Crippen LogP contribution < -0.4 is 4.73 Å². The smallest absolute Gasteiger partial charge is 0.231 e. The summed E-state index contributed by atoms with van der Waals surface area (Å²) in [6, 6.07) is 3.95. The Morgan fingerprint density at radius 1 is 1.23 bits per heavy atom. The lowest BCUT2D eigenvalue weighted by Crippen LogP contribution is -2.33. The molecule has 1 aromatic heterocycles. The average Bonchev–Trinajstić information content (AvgIpc) is 2.13. The third-order valence-corrected chi connectivity index (χ3v) is 1.82. The van der Waals surface area contributed by atoms with Crippen LogP contribution >= 0.6 is 0 Å². The van der Waals surface area contributed by atoms with E-state index < -0.39 is 0 Å². The third-order valence-electron chi connectivity index (χ3n) is 1.82. The van der Waals surface area contributed by atoms with Crippen molar-refractivity contribution in [2.45, 2.75) is 40.5 Å². The van der Waals surface area contributed by atoms with Crippen LogP contribution in [0.1, 0.15) is 44.9 Å². The Labute approximate surface area is 80.8 Å². The maximum atomic E-state index is 9.27. The number of aromatic nitrogens is 1. The Hall–Kier alpha value is -1.05. The molecule has 0 saturated heterocycles. The topological polar surface area (TPSA) is 24.1 Å². The standard InChI is InChI=1S/C9H14NO.C2H6/c1-7(2)9-5-4-8(3)10(11)6-9;1-2/h4-7,11H,1-3H3;1-2H3/q+1;. The van der Waals surface area contributed by atoms with Crippen LogP contribution in [0.2, 0.25) is 0 Å². The maximum absolute atomic E-state index is 9.27. The van der Waals surface area contributed by atoms with Crippen molar-refractivity contribution in [1.82, 2.24) is 0 Å². The van der Waals surface area contributed by atoms with Gasteiger partial charge < -0.3 is 0 Å². The molecule has 1 aromatic rings. The molecule has 2 nitrogen and oxygen atoms in total. The van der Waals surface area contributed by atoms with E-state index in [0.717, 1.165) is 16.0 Å². The van der Waals surface area contributed by atoms with Crippen molar-refractivity contribution < 1.29 is 9.94 Å². The molecule has 0 amide bonds.